The summed E-state index contributed by atoms with van der Waals surface area (Å²) in [5.41, 5.74) is 0.525. The number of hydrogen-bond acceptors (Lipinski definition) is 5. The first-order chi connectivity index (χ1) is 10.1. The summed E-state index contributed by atoms with van der Waals surface area (Å²) in [6, 6.07) is 13.4. The van der Waals surface area contributed by atoms with Gasteiger partial charge in [0.2, 0.25) is 0 Å². The molecule has 0 unspecified atom stereocenters. The number of thiophene rings is 1. The second-order valence-corrected chi connectivity index (χ2v) is 5.32. The van der Waals surface area contributed by atoms with E-state index < -0.39 is 5.97 Å². The number of carboxylic acids is 1. The molecule has 0 bridgehead atoms. The van der Waals surface area contributed by atoms with Crippen molar-refractivity contribution in [3.8, 4) is 5.75 Å². The smallest absolute Gasteiger partial charge is 0.335 e. The van der Waals surface area contributed by atoms with Crippen LogP contribution in [0.25, 0.3) is 10.1 Å². The molecule has 6 heteroatoms. The van der Waals surface area contributed by atoms with Gasteiger partial charge in [-0.2, -0.15) is 0 Å². The number of nitrogens with zero attached hydrogens (tertiary/aromatic N) is 2. The van der Waals surface area contributed by atoms with E-state index >= 15 is 0 Å². The molecular weight excluding hydrogens is 288 g/mol. The zero-order chi connectivity index (χ0) is 14.8. The Morgan fingerprint density at radius 2 is 1.90 bits per heavy atom. The summed E-state index contributed by atoms with van der Waals surface area (Å²) in [4.78, 5) is 10.9. The van der Waals surface area contributed by atoms with Gasteiger partial charge >= 0.3 is 5.97 Å². The van der Waals surface area contributed by atoms with E-state index in [1.54, 1.807) is 24.3 Å². The molecular formula is C15H9N2O3S-. The number of aromatic carboxylic acids is 1. The van der Waals surface area contributed by atoms with Crippen LogP contribution in [0.3, 0.4) is 0 Å². The Bertz CT molecular complexity index is 855. The van der Waals surface area contributed by atoms with Crippen molar-refractivity contribution in [1.82, 2.24) is 0 Å². The summed E-state index contributed by atoms with van der Waals surface area (Å²) in [5.74, 6) is -1.19. The zero-order valence-corrected chi connectivity index (χ0v) is 11.5. The monoisotopic (exact) mass is 297 g/mol. The summed E-state index contributed by atoms with van der Waals surface area (Å²) in [7, 11) is 0. The van der Waals surface area contributed by atoms with Gasteiger partial charge in [0.05, 0.1) is 11.3 Å². The fourth-order valence-corrected chi connectivity index (χ4v) is 2.79. The van der Waals surface area contributed by atoms with Gasteiger partial charge in [0, 0.05) is 4.70 Å². The van der Waals surface area contributed by atoms with Gasteiger partial charge < -0.3 is 10.2 Å². The van der Waals surface area contributed by atoms with E-state index in [1.807, 2.05) is 12.1 Å². The Hall–Kier alpha value is -2.73. The van der Waals surface area contributed by atoms with Gasteiger partial charge in [-0.1, -0.05) is 30.0 Å². The molecule has 0 aliphatic carbocycles. The first kappa shape index (κ1) is 13.3. The molecule has 1 aromatic heterocycles. The number of azo groups is 1. The zero-order valence-electron chi connectivity index (χ0n) is 10.7. The first-order valence-electron chi connectivity index (χ1n) is 6.09. The molecule has 2 aromatic carbocycles. The van der Waals surface area contributed by atoms with Crippen molar-refractivity contribution in [3.05, 3.63) is 54.1 Å². The number of fused-ring (bicyclic) bond motifs is 1. The predicted molar refractivity (Wildman–Crippen MR) is 78.8 cm³/mol. The summed E-state index contributed by atoms with van der Waals surface area (Å²) in [5, 5.41) is 29.8. The summed E-state index contributed by atoms with van der Waals surface area (Å²) >= 11 is 1.26. The Morgan fingerprint density at radius 3 is 2.67 bits per heavy atom. The van der Waals surface area contributed by atoms with Crippen molar-refractivity contribution in [1.29, 1.82) is 0 Å². The lowest BCUT2D eigenvalue weighted by atomic mass is 10.2. The summed E-state index contributed by atoms with van der Waals surface area (Å²) in [6.07, 6.45) is 0. The molecule has 0 atom stereocenters. The lowest BCUT2D eigenvalue weighted by Crippen LogP contribution is -1.94. The molecule has 0 fully saturated rings. The molecule has 0 aliphatic heterocycles. The lowest BCUT2D eigenvalue weighted by molar-refractivity contribution is -0.264. The van der Waals surface area contributed by atoms with Gasteiger partial charge in [-0.15, -0.1) is 21.6 Å². The van der Waals surface area contributed by atoms with Gasteiger partial charge in [-0.25, -0.2) is 4.79 Å². The van der Waals surface area contributed by atoms with Crippen molar-refractivity contribution in [2.45, 2.75) is 0 Å². The van der Waals surface area contributed by atoms with E-state index in [2.05, 4.69) is 10.2 Å². The highest BCUT2D eigenvalue weighted by Gasteiger charge is 2.04. The third-order valence-electron chi connectivity index (χ3n) is 2.88. The molecule has 0 saturated carbocycles. The highest BCUT2D eigenvalue weighted by Crippen LogP contribution is 2.41. The highest BCUT2D eigenvalue weighted by molar-refractivity contribution is 7.23. The van der Waals surface area contributed by atoms with Crippen LogP contribution in [0.5, 0.6) is 5.75 Å². The van der Waals surface area contributed by atoms with Gasteiger partial charge in [0.1, 0.15) is 5.00 Å². The topological polar surface area (TPSA) is 85.1 Å². The van der Waals surface area contributed by atoms with Gasteiger partial charge in [0.25, 0.3) is 0 Å². The van der Waals surface area contributed by atoms with Crippen LogP contribution in [0, 0.1) is 0 Å². The Labute approximate surface area is 123 Å². The van der Waals surface area contributed by atoms with Gasteiger partial charge in [-0.05, 0) is 29.7 Å². The molecule has 0 aliphatic rings. The quantitative estimate of drug-likeness (QED) is 0.739. The summed E-state index contributed by atoms with van der Waals surface area (Å²) in [6.45, 7) is 0. The maximum absolute atomic E-state index is 12.1. The summed E-state index contributed by atoms with van der Waals surface area (Å²) < 4.78 is 0.857. The van der Waals surface area contributed by atoms with E-state index in [9.17, 15) is 9.90 Å². The fraction of sp³-hybridized carbons (Fsp3) is 0. The molecule has 21 heavy (non-hydrogen) atoms. The SMILES string of the molecule is O=C(O)c1cccc(N=Nc2sc3ccccc3c2[O-])c1. The molecule has 1 heterocycles. The van der Waals surface area contributed by atoms with Crippen LogP contribution in [0.1, 0.15) is 10.4 Å². The molecule has 3 aromatic rings. The van der Waals surface area contributed by atoms with E-state index in [1.165, 1.54) is 23.5 Å². The molecule has 0 spiro atoms. The normalized spacial score (nSPS) is 11.2. The van der Waals surface area contributed by atoms with Crippen LogP contribution in [0.2, 0.25) is 0 Å². The second-order valence-electron chi connectivity index (χ2n) is 4.29. The highest BCUT2D eigenvalue weighted by atomic mass is 32.1. The number of carboxylic acid groups (broad SMARTS) is 1. The van der Waals surface area contributed by atoms with Crippen LogP contribution in [0.15, 0.2) is 58.8 Å². The third-order valence-corrected chi connectivity index (χ3v) is 3.92. The maximum Gasteiger partial charge on any atom is 0.335 e. The van der Waals surface area contributed by atoms with E-state index in [0.29, 0.717) is 11.1 Å². The minimum Gasteiger partial charge on any atom is -0.870 e. The van der Waals surface area contributed by atoms with Crippen LogP contribution in [0.4, 0.5) is 10.7 Å². The fourth-order valence-electron chi connectivity index (χ4n) is 1.88. The first-order valence-corrected chi connectivity index (χ1v) is 6.90. The van der Waals surface area contributed by atoms with Gasteiger partial charge in [0.15, 0.2) is 0 Å². The minimum absolute atomic E-state index is 0.130. The standard InChI is InChI=1S/C15H10N2O3S/c18-13-11-6-1-2-7-12(11)21-14(13)17-16-10-5-3-4-9(8-10)15(19)20/h1-8,18H,(H,19,20)/p-1. The van der Waals surface area contributed by atoms with Crippen molar-refractivity contribution in [2.24, 2.45) is 10.2 Å². The molecule has 1 N–H and O–H groups in total. The number of benzene rings is 2. The number of hydrogen-bond donors (Lipinski definition) is 1. The predicted octanol–water partition coefficient (Wildman–Crippen LogP) is 4.09. The van der Waals surface area contributed by atoms with Crippen molar-refractivity contribution in [2.75, 3.05) is 0 Å². The van der Waals surface area contributed by atoms with Crippen molar-refractivity contribution in [3.63, 3.8) is 0 Å². The maximum atomic E-state index is 12.1. The molecule has 104 valence electrons. The van der Waals surface area contributed by atoms with Crippen LogP contribution in [-0.4, -0.2) is 11.1 Å². The molecule has 3 rings (SSSR count). The van der Waals surface area contributed by atoms with Crippen LogP contribution in [-0.2, 0) is 0 Å². The molecule has 0 amide bonds. The van der Waals surface area contributed by atoms with E-state index in [0.717, 1.165) is 4.70 Å². The van der Waals surface area contributed by atoms with Crippen LogP contribution >= 0.6 is 11.3 Å². The average molecular weight is 297 g/mol. The van der Waals surface area contributed by atoms with Crippen molar-refractivity contribution >= 4 is 38.1 Å². The minimum atomic E-state index is -1.03. The van der Waals surface area contributed by atoms with Crippen molar-refractivity contribution < 1.29 is 15.0 Å². The Kier molecular flexibility index (Phi) is 3.37. The largest absolute Gasteiger partial charge is 0.870 e. The molecule has 0 saturated heterocycles. The second kappa shape index (κ2) is 5.34. The van der Waals surface area contributed by atoms with E-state index in [-0.39, 0.29) is 16.3 Å². The number of carbonyl (C=O) groups is 1. The third kappa shape index (κ3) is 2.61. The van der Waals surface area contributed by atoms with Crippen LogP contribution < -0.4 is 5.11 Å². The Morgan fingerprint density at radius 1 is 1.10 bits per heavy atom. The van der Waals surface area contributed by atoms with Gasteiger partial charge in [-0.3, -0.25) is 0 Å². The van der Waals surface area contributed by atoms with E-state index in [4.69, 9.17) is 5.11 Å². The number of rotatable bonds is 3. The molecule has 0 radical (unpaired) electrons. The molecule has 5 nitrogen and oxygen atoms in total. The average Bonchev–Trinajstić information content (AvgIpc) is 2.82. The Balaban J connectivity index is 1.96. The lowest BCUT2D eigenvalue weighted by Gasteiger charge is -2.02.